The molecule has 1 amide bonds. The number of aromatic nitrogens is 2. The number of carbonyl (C=O) groups excluding carboxylic acids is 1. The summed E-state index contributed by atoms with van der Waals surface area (Å²) in [6.45, 7) is 4.40. The fourth-order valence-electron chi connectivity index (χ4n) is 3.52. The summed E-state index contributed by atoms with van der Waals surface area (Å²) >= 11 is 0. The Bertz CT molecular complexity index is 1080. The molecule has 150 valence electrons. The number of nitrogens with zero attached hydrogens (tertiary/aromatic N) is 2. The summed E-state index contributed by atoms with van der Waals surface area (Å²) in [5, 5.41) is 6.91. The highest BCUT2D eigenvalue weighted by Crippen LogP contribution is 2.31. The fourth-order valence-corrected chi connectivity index (χ4v) is 3.52. The SMILES string of the molecule is Cc1noc(-c2ccc(C(=O)NCC(C)(c3ccccc3)c3ccccc3)cc2)n1. The second-order valence-electron chi connectivity index (χ2n) is 7.47. The minimum absolute atomic E-state index is 0.124. The maximum Gasteiger partial charge on any atom is 0.257 e. The predicted octanol–water partition coefficient (Wildman–Crippen LogP) is 4.78. The number of aryl methyl sites for hydroxylation is 1. The Morgan fingerprint density at radius 3 is 1.97 bits per heavy atom. The molecule has 0 fully saturated rings. The number of nitrogens with one attached hydrogen (secondary N) is 1. The van der Waals surface area contributed by atoms with Crippen molar-refractivity contribution in [3.05, 3.63) is 107 Å². The number of benzene rings is 3. The minimum Gasteiger partial charge on any atom is -0.351 e. The second-order valence-corrected chi connectivity index (χ2v) is 7.47. The molecule has 0 aliphatic rings. The van der Waals surface area contributed by atoms with Crippen molar-refractivity contribution in [2.24, 2.45) is 0 Å². The quantitative estimate of drug-likeness (QED) is 0.508. The van der Waals surface area contributed by atoms with Gasteiger partial charge in [0, 0.05) is 23.1 Å². The normalized spacial score (nSPS) is 11.3. The van der Waals surface area contributed by atoms with Gasteiger partial charge in [-0.2, -0.15) is 4.98 Å². The van der Waals surface area contributed by atoms with Crippen LogP contribution in [0.15, 0.2) is 89.5 Å². The number of hydrogen-bond acceptors (Lipinski definition) is 4. The van der Waals surface area contributed by atoms with Gasteiger partial charge in [0.15, 0.2) is 5.82 Å². The van der Waals surface area contributed by atoms with Crippen molar-refractivity contribution in [1.29, 1.82) is 0 Å². The van der Waals surface area contributed by atoms with Gasteiger partial charge in [-0.05, 0) is 49.2 Å². The van der Waals surface area contributed by atoms with E-state index in [4.69, 9.17) is 4.52 Å². The standard InChI is InChI=1S/C25H23N3O2/c1-18-27-24(30-28-18)20-15-13-19(14-16-20)23(29)26-17-25(2,21-9-5-3-6-10-21)22-11-7-4-8-12-22/h3-16H,17H2,1-2H3,(H,26,29). The van der Waals surface area contributed by atoms with E-state index in [1.165, 1.54) is 0 Å². The van der Waals surface area contributed by atoms with Crippen LogP contribution in [-0.4, -0.2) is 22.6 Å². The molecule has 0 saturated carbocycles. The second kappa shape index (κ2) is 8.33. The van der Waals surface area contributed by atoms with E-state index >= 15 is 0 Å². The first-order valence-electron chi connectivity index (χ1n) is 9.86. The predicted molar refractivity (Wildman–Crippen MR) is 116 cm³/mol. The molecule has 3 aromatic carbocycles. The van der Waals surface area contributed by atoms with E-state index in [0.717, 1.165) is 16.7 Å². The molecule has 5 heteroatoms. The molecular weight excluding hydrogens is 374 g/mol. The van der Waals surface area contributed by atoms with Crippen molar-refractivity contribution < 1.29 is 9.32 Å². The average Bonchev–Trinajstić information content (AvgIpc) is 3.25. The smallest absolute Gasteiger partial charge is 0.257 e. The summed E-state index contributed by atoms with van der Waals surface area (Å²) in [5.74, 6) is 0.898. The van der Waals surface area contributed by atoms with Crippen molar-refractivity contribution in [2.75, 3.05) is 6.54 Å². The zero-order valence-electron chi connectivity index (χ0n) is 17.0. The maximum atomic E-state index is 12.8. The van der Waals surface area contributed by atoms with Gasteiger partial charge in [0.25, 0.3) is 11.8 Å². The van der Waals surface area contributed by atoms with E-state index in [9.17, 15) is 4.79 Å². The van der Waals surface area contributed by atoms with Gasteiger partial charge >= 0.3 is 0 Å². The lowest BCUT2D eigenvalue weighted by atomic mass is 9.76. The molecule has 1 aromatic heterocycles. The van der Waals surface area contributed by atoms with E-state index in [1.807, 2.05) is 48.5 Å². The zero-order chi connectivity index (χ0) is 21.0. The highest BCUT2D eigenvalue weighted by molar-refractivity contribution is 5.94. The Kier molecular flexibility index (Phi) is 5.44. The third-order valence-electron chi connectivity index (χ3n) is 5.35. The lowest BCUT2D eigenvalue weighted by Gasteiger charge is -2.31. The van der Waals surface area contributed by atoms with Gasteiger partial charge < -0.3 is 9.84 Å². The van der Waals surface area contributed by atoms with Crippen LogP contribution in [0.2, 0.25) is 0 Å². The average molecular weight is 397 g/mol. The molecule has 5 nitrogen and oxygen atoms in total. The summed E-state index contributed by atoms with van der Waals surface area (Å²) in [4.78, 5) is 17.1. The number of carbonyl (C=O) groups is 1. The largest absolute Gasteiger partial charge is 0.351 e. The van der Waals surface area contributed by atoms with Crippen LogP contribution < -0.4 is 5.32 Å². The molecule has 0 saturated heterocycles. The monoisotopic (exact) mass is 397 g/mol. The molecule has 1 N–H and O–H groups in total. The zero-order valence-corrected chi connectivity index (χ0v) is 17.0. The van der Waals surface area contributed by atoms with Crippen molar-refractivity contribution in [1.82, 2.24) is 15.5 Å². The van der Waals surface area contributed by atoms with Crippen LogP contribution in [0.4, 0.5) is 0 Å². The number of rotatable bonds is 6. The third-order valence-corrected chi connectivity index (χ3v) is 5.35. The van der Waals surface area contributed by atoms with E-state index in [2.05, 4.69) is 46.6 Å². The van der Waals surface area contributed by atoms with Gasteiger partial charge in [-0.25, -0.2) is 0 Å². The fraction of sp³-hybridized carbons (Fsp3) is 0.160. The first kappa shape index (κ1) is 19.6. The molecule has 0 radical (unpaired) electrons. The summed E-state index contributed by atoms with van der Waals surface area (Å²) < 4.78 is 5.18. The highest BCUT2D eigenvalue weighted by atomic mass is 16.5. The Labute approximate surface area is 175 Å². The summed E-state index contributed by atoms with van der Waals surface area (Å²) in [7, 11) is 0. The topological polar surface area (TPSA) is 68.0 Å². The number of hydrogen-bond donors (Lipinski definition) is 1. The molecule has 30 heavy (non-hydrogen) atoms. The first-order valence-corrected chi connectivity index (χ1v) is 9.86. The van der Waals surface area contributed by atoms with Crippen LogP contribution in [0.25, 0.3) is 11.5 Å². The van der Waals surface area contributed by atoms with E-state index in [-0.39, 0.29) is 11.3 Å². The van der Waals surface area contributed by atoms with Gasteiger partial charge in [-0.3, -0.25) is 4.79 Å². The Balaban J connectivity index is 1.53. The summed E-state index contributed by atoms with van der Waals surface area (Å²) in [6.07, 6.45) is 0. The van der Waals surface area contributed by atoms with Crippen LogP contribution in [0.1, 0.15) is 34.2 Å². The third kappa shape index (κ3) is 4.01. The molecule has 4 aromatic rings. The molecule has 4 rings (SSSR count). The lowest BCUT2D eigenvalue weighted by molar-refractivity contribution is 0.0947. The molecule has 0 aliphatic heterocycles. The van der Waals surface area contributed by atoms with E-state index < -0.39 is 0 Å². The van der Waals surface area contributed by atoms with Crippen LogP contribution in [0.3, 0.4) is 0 Å². The molecule has 0 unspecified atom stereocenters. The van der Waals surface area contributed by atoms with Crippen LogP contribution in [0, 0.1) is 6.92 Å². The Hall–Kier alpha value is -3.73. The van der Waals surface area contributed by atoms with Gasteiger partial charge in [-0.1, -0.05) is 65.8 Å². The van der Waals surface area contributed by atoms with Gasteiger partial charge in [-0.15, -0.1) is 0 Å². The van der Waals surface area contributed by atoms with Crippen molar-refractivity contribution in [2.45, 2.75) is 19.3 Å². The Morgan fingerprint density at radius 1 is 0.900 bits per heavy atom. The van der Waals surface area contributed by atoms with Crippen LogP contribution in [0.5, 0.6) is 0 Å². The van der Waals surface area contributed by atoms with Gasteiger partial charge in [0.05, 0.1) is 0 Å². The molecule has 1 heterocycles. The molecular formula is C25H23N3O2. The molecule has 0 spiro atoms. The van der Waals surface area contributed by atoms with E-state index in [1.54, 1.807) is 19.1 Å². The van der Waals surface area contributed by atoms with E-state index in [0.29, 0.717) is 23.8 Å². The van der Waals surface area contributed by atoms with Gasteiger partial charge in [0.1, 0.15) is 0 Å². The summed E-state index contributed by atoms with van der Waals surface area (Å²) in [6, 6.07) is 27.7. The summed E-state index contributed by atoms with van der Waals surface area (Å²) in [5.41, 5.74) is 3.32. The van der Waals surface area contributed by atoms with Crippen molar-refractivity contribution in [3.63, 3.8) is 0 Å². The van der Waals surface area contributed by atoms with Crippen LogP contribution >= 0.6 is 0 Å². The van der Waals surface area contributed by atoms with Gasteiger partial charge in [0.2, 0.25) is 0 Å². The molecule has 0 atom stereocenters. The van der Waals surface area contributed by atoms with Crippen LogP contribution in [-0.2, 0) is 5.41 Å². The minimum atomic E-state index is -0.348. The highest BCUT2D eigenvalue weighted by Gasteiger charge is 2.29. The lowest BCUT2D eigenvalue weighted by Crippen LogP contribution is -2.39. The number of amides is 1. The maximum absolute atomic E-state index is 12.8. The first-order chi connectivity index (χ1) is 14.6. The Morgan fingerprint density at radius 2 is 1.47 bits per heavy atom. The van der Waals surface area contributed by atoms with Crippen molar-refractivity contribution in [3.8, 4) is 11.5 Å². The molecule has 0 aliphatic carbocycles. The molecule has 0 bridgehead atoms. The van der Waals surface area contributed by atoms with Crippen molar-refractivity contribution >= 4 is 5.91 Å².